The lowest BCUT2D eigenvalue weighted by molar-refractivity contribution is 0.308. The van der Waals surface area contributed by atoms with Crippen molar-refractivity contribution in [2.24, 2.45) is 5.84 Å². The molecule has 0 bridgehead atoms. The summed E-state index contributed by atoms with van der Waals surface area (Å²) in [5.74, 6) is 5.61. The minimum absolute atomic E-state index is 0.264. The molecule has 0 aliphatic carbocycles. The number of benzene rings is 1. The Morgan fingerprint density at radius 1 is 1.21 bits per heavy atom. The van der Waals surface area contributed by atoms with Crippen molar-refractivity contribution >= 4 is 17.7 Å². The fourth-order valence-corrected chi connectivity index (χ4v) is 2.09. The molecule has 19 heavy (non-hydrogen) atoms. The van der Waals surface area contributed by atoms with Crippen LogP contribution in [0.4, 0.5) is 5.95 Å². The summed E-state index contributed by atoms with van der Waals surface area (Å²) in [6.07, 6.45) is 0. The molecule has 0 atom stereocenters. The normalized spacial score (nSPS) is 10.3. The quantitative estimate of drug-likeness (QED) is 0.638. The summed E-state index contributed by atoms with van der Waals surface area (Å²) in [6.45, 7) is 4.40. The summed E-state index contributed by atoms with van der Waals surface area (Å²) in [4.78, 5) is 13.4. The smallest absolute Gasteiger partial charge is 0.322 e. The van der Waals surface area contributed by atoms with Crippen LogP contribution in [0.3, 0.4) is 0 Å². The molecule has 100 valence electrons. The molecule has 1 aromatic carbocycles. The lowest BCUT2D eigenvalue weighted by Gasteiger charge is -2.06. The van der Waals surface area contributed by atoms with Gasteiger partial charge in [-0.2, -0.15) is 15.0 Å². The number of hydrogen-bond donors (Lipinski definition) is 2. The van der Waals surface area contributed by atoms with E-state index in [2.05, 4.69) is 20.4 Å². The van der Waals surface area contributed by atoms with Crippen LogP contribution in [0.15, 0.2) is 34.3 Å². The number of anilines is 1. The number of hydrogen-bond acceptors (Lipinski definition) is 7. The van der Waals surface area contributed by atoms with Gasteiger partial charge in [0.2, 0.25) is 11.1 Å². The average molecular weight is 277 g/mol. The average Bonchev–Trinajstić information content (AvgIpc) is 2.41. The van der Waals surface area contributed by atoms with Gasteiger partial charge in [0.15, 0.2) is 0 Å². The Labute approximate surface area is 115 Å². The minimum Gasteiger partial charge on any atom is -0.464 e. The van der Waals surface area contributed by atoms with Crippen LogP contribution in [-0.4, -0.2) is 21.6 Å². The summed E-state index contributed by atoms with van der Waals surface area (Å²) >= 11 is 1.43. The molecule has 0 saturated carbocycles. The van der Waals surface area contributed by atoms with Gasteiger partial charge in [-0.15, -0.1) is 0 Å². The van der Waals surface area contributed by atoms with E-state index >= 15 is 0 Å². The molecule has 0 saturated heterocycles. The summed E-state index contributed by atoms with van der Waals surface area (Å²) in [5, 5.41) is 0.537. The maximum atomic E-state index is 5.33. The van der Waals surface area contributed by atoms with Crippen molar-refractivity contribution in [2.75, 3.05) is 12.0 Å². The molecule has 7 heteroatoms. The van der Waals surface area contributed by atoms with Gasteiger partial charge in [-0.1, -0.05) is 17.7 Å². The van der Waals surface area contributed by atoms with E-state index in [9.17, 15) is 0 Å². The zero-order valence-corrected chi connectivity index (χ0v) is 11.6. The van der Waals surface area contributed by atoms with Crippen molar-refractivity contribution in [2.45, 2.75) is 23.9 Å². The SMILES string of the molecule is CCOc1nc(NN)nc(Sc2ccc(C)cc2)n1. The third-order valence-corrected chi connectivity index (χ3v) is 3.10. The maximum Gasteiger partial charge on any atom is 0.322 e. The number of aromatic nitrogens is 3. The fourth-order valence-electron chi connectivity index (χ4n) is 1.35. The van der Waals surface area contributed by atoms with E-state index in [1.807, 2.05) is 38.1 Å². The van der Waals surface area contributed by atoms with E-state index < -0.39 is 0 Å². The minimum atomic E-state index is 0.264. The van der Waals surface area contributed by atoms with Crippen LogP contribution < -0.4 is 16.0 Å². The molecule has 0 aliphatic rings. The number of nitrogens with one attached hydrogen (secondary N) is 1. The van der Waals surface area contributed by atoms with Crippen LogP contribution in [-0.2, 0) is 0 Å². The van der Waals surface area contributed by atoms with Gasteiger partial charge >= 0.3 is 6.01 Å². The summed E-state index contributed by atoms with van der Waals surface area (Å²) in [6, 6.07) is 8.36. The van der Waals surface area contributed by atoms with Crippen LogP contribution in [0.1, 0.15) is 12.5 Å². The zero-order chi connectivity index (χ0) is 13.7. The number of hydrazine groups is 1. The van der Waals surface area contributed by atoms with Gasteiger partial charge in [-0.3, -0.25) is 5.43 Å². The molecule has 6 nitrogen and oxygen atoms in total. The van der Waals surface area contributed by atoms with E-state index in [1.54, 1.807) is 0 Å². The van der Waals surface area contributed by atoms with Crippen molar-refractivity contribution in [1.29, 1.82) is 0 Å². The highest BCUT2D eigenvalue weighted by molar-refractivity contribution is 7.99. The Bertz CT molecular complexity index is 546. The number of rotatable bonds is 5. The Morgan fingerprint density at radius 2 is 1.95 bits per heavy atom. The van der Waals surface area contributed by atoms with E-state index in [-0.39, 0.29) is 12.0 Å². The number of nitrogens with two attached hydrogens (primary N) is 1. The third-order valence-electron chi connectivity index (χ3n) is 2.23. The molecular formula is C12H15N5OS. The highest BCUT2D eigenvalue weighted by atomic mass is 32.2. The Balaban J connectivity index is 2.23. The van der Waals surface area contributed by atoms with Crippen LogP contribution in [0.2, 0.25) is 0 Å². The van der Waals surface area contributed by atoms with Crippen molar-refractivity contribution in [1.82, 2.24) is 15.0 Å². The molecule has 0 fully saturated rings. The maximum absolute atomic E-state index is 5.33. The lowest BCUT2D eigenvalue weighted by atomic mass is 10.2. The number of ether oxygens (including phenoxy) is 1. The van der Waals surface area contributed by atoms with Gasteiger partial charge in [0.1, 0.15) is 0 Å². The molecule has 0 radical (unpaired) electrons. The first-order chi connectivity index (χ1) is 9.21. The van der Waals surface area contributed by atoms with Gasteiger partial charge < -0.3 is 4.74 Å². The topological polar surface area (TPSA) is 86.0 Å². The number of aryl methyl sites for hydroxylation is 1. The zero-order valence-electron chi connectivity index (χ0n) is 10.8. The molecule has 0 amide bonds. The van der Waals surface area contributed by atoms with Crippen LogP contribution in [0.25, 0.3) is 0 Å². The number of nitrogens with zero attached hydrogens (tertiary/aromatic N) is 3. The number of nitrogen functional groups attached to an aromatic ring is 1. The van der Waals surface area contributed by atoms with Crippen molar-refractivity contribution < 1.29 is 4.74 Å². The monoisotopic (exact) mass is 277 g/mol. The molecule has 0 aliphatic heterocycles. The second kappa shape index (κ2) is 6.35. The molecule has 0 spiro atoms. The van der Waals surface area contributed by atoms with Crippen molar-refractivity contribution in [3.63, 3.8) is 0 Å². The molecule has 2 aromatic rings. The van der Waals surface area contributed by atoms with E-state index in [0.717, 1.165) is 4.90 Å². The predicted octanol–water partition coefficient (Wildman–Crippen LogP) is 2.02. The molecule has 1 aromatic heterocycles. The second-order valence-electron chi connectivity index (χ2n) is 3.72. The van der Waals surface area contributed by atoms with Gasteiger partial charge in [0.25, 0.3) is 0 Å². The van der Waals surface area contributed by atoms with E-state index in [1.165, 1.54) is 17.3 Å². The Morgan fingerprint density at radius 3 is 2.58 bits per heavy atom. The fraction of sp³-hybridized carbons (Fsp3) is 0.250. The van der Waals surface area contributed by atoms with Crippen molar-refractivity contribution in [3.05, 3.63) is 29.8 Å². The first-order valence-electron chi connectivity index (χ1n) is 5.81. The van der Waals surface area contributed by atoms with Crippen LogP contribution in [0.5, 0.6) is 6.01 Å². The summed E-state index contributed by atoms with van der Waals surface area (Å²) in [7, 11) is 0. The van der Waals surface area contributed by atoms with Crippen LogP contribution in [0, 0.1) is 6.92 Å². The highest BCUT2D eigenvalue weighted by Crippen LogP contribution is 2.26. The van der Waals surface area contributed by atoms with Gasteiger partial charge in [-0.25, -0.2) is 5.84 Å². The van der Waals surface area contributed by atoms with Gasteiger partial charge in [0, 0.05) is 4.90 Å². The van der Waals surface area contributed by atoms with Crippen molar-refractivity contribution in [3.8, 4) is 6.01 Å². The lowest BCUT2D eigenvalue weighted by Crippen LogP contribution is -2.12. The van der Waals surface area contributed by atoms with Gasteiger partial charge in [0.05, 0.1) is 6.61 Å². The standard InChI is InChI=1S/C12H15N5OS/c1-3-18-11-14-10(17-13)15-12(16-11)19-9-6-4-8(2)5-7-9/h4-7H,3,13H2,1-2H3,(H,14,15,16,17). The Kier molecular flexibility index (Phi) is 4.53. The molecular weight excluding hydrogens is 262 g/mol. The van der Waals surface area contributed by atoms with E-state index in [4.69, 9.17) is 10.6 Å². The molecule has 0 unspecified atom stereocenters. The molecule has 1 heterocycles. The summed E-state index contributed by atoms with van der Waals surface area (Å²) < 4.78 is 5.27. The summed E-state index contributed by atoms with van der Waals surface area (Å²) in [5.41, 5.74) is 3.61. The third kappa shape index (κ3) is 3.80. The van der Waals surface area contributed by atoms with Crippen LogP contribution >= 0.6 is 11.8 Å². The van der Waals surface area contributed by atoms with E-state index in [0.29, 0.717) is 11.8 Å². The largest absolute Gasteiger partial charge is 0.464 e. The first-order valence-corrected chi connectivity index (χ1v) is 6.63. The first kappa shape index (κ1) is 13.6. The predicted molar refractivity (Wildman–Crippen MR) is 74.1 cm³/mol. The molecule has 2 rings (SSSR count). The highest BCUT2D eigenvalue weighted by Gasteiger charge is 2.08. The van der Waals surface area contributed by atoms with Gasteiger partial charge in [-0.05, 0) is 37.7 Å². The molecule has 3 N–H and O–H groups in total. The Hall–Kier alpha value is -1.86. The second-order valence-corrected chi connectivity index (χ2v) is 4.76.